The highest BCUT2D eigenvalue weighted by Gasteiger charge is 2.42. The molecule has 1 fully saturated rings. The van der Waals surface area contributed by atoms with Crippen molar-refractivity contribution in [3.05, 3.63) is 65.3 Å². The third-order valence-corrected chi connectivity index (χ3v) is 6.06. The van der Waals surface area contributed by atoms with E-state index in [2.05, 4.69) is 10.3 Å². The van der Waals surface area contributed by atoms with Crippen molar-refractivity contribution < 1.29 is 9.53 Å². The predicted octanol–water partition coefficient (Wildman–Crippen LogP) is 5.74. The van der Waals surface area contributed by atoms with Gasteiger partial charge in [-0.2, -0.15) is 0 Å². The molecule has 0 atom stereocenters. The van der Waals surface area contributed by atoms with E-state index in [1.54, 1.807) is 13.3 Å². The molecule has 1 amide bonds. The molecule has 0 aliphatic heterocycles. The number of aromatic nitrogens is 1. The summed E-state index contributed by atoms with van der Waals surface area (Å²) in [5, 5.41) is 4.69. The molecule has 4 nitrogen and oxygen atoms in total. The van der Waals surface area contributed by atoms with E-state index in [0.29, 0.717) is 10.8 Å². The fraction of sp³-hybridized carbons (Fsp3) is 0.304. The van der Waals surface area contributed by atoms with Crippen molar-refractivity contribution in [3.8, 4) is 5.75 Å². The Labute approximate surface area is 169 Å². The molecule has 5 heteroatoms. The third-order valence-electron chi connectivity index (χ3n) is 5.73. The molecule has 0 spiro atoms. The van der Waals surface area contributed by atoms with Crippen LogP contribution in [-0.4, -0.2) is 18.0 Å². The van der Waals surface area contributed by atoms with Crippen molar-refractivity contribution in [3.63, 3.8) is 0 Å². The van der Waals surface area contributed by atoms with Gasteiger partial charge in [0.1, 0.15) is 11.3 Å². The lowest BCUT2D eigenvalue weighted by Gasteiger charge is -2.37. The molecule has 0 unspecified atom stereocenters. The summed E-state index contributed by atoms with van der Waals surface area (Å²) in [7, 11) is 1.62. The van der Waals surface area contributed by atoms with Gasteiger partial charge in [0.25, 0.3) is 0 Å². The SMILES string of the molecule is COc1ccc(NC(=O)C2(c3ccccc3Cl)CCCCC2)c2cccnc12. The summed E-state index contributed by atoms with van der Waals surface area (Å²) in [5.74, 6) is 0.683. The summed E-state index contributed by atoms with van der Waals surface area (Å²) in [6.45, 7) is 0. The van der Waals surface area contributed by atoms with E-state index in [4.69, 9.17) is 16.3 Å². The molecule has 1 saturated carbocycles. The first-order chi connectivity index (χ1) is 13.7. The number of methoxy groups -OCH3 is 1. The van der Waals surface area contributed by atoms with E-state index in [1.807, 2.05) is 48.5 Å². The van der Waals surface area contributed by atoms with Crippen molar-refractivity contribution in [2.75, 3.05) is 12.4 Å². The van der Waals surface area contributed by atoms with Crippen LogP contribution in [-0.2, 0) is 10.2 Å². The smallest absolute Gasteiger partial charge is 0.235 e. The Morgan fingerprint density at radius 1 is 1.07 bits per heavy atom. The number of pyridine rings is 1. The van der Waals surface area contributed by atoms with Crippen LogP contribution >= 0.6 is 11.6 Å². The summed E-state index contributed by atoms with van der Waals surface area (Å²) in [5.41, 5.74) is 1.79. The van der Waals surface area contributed by atoms with Crippen molar-refractivity contribution in [2.24, 2.45) is 0 Å². The number of carbonyl (C=O) groups is 1. The van der Waals surface area contributed by atoms with Crippen LogP contribution in [0.3, 0.4) is 0 Å². The van der Waals surface area contributed by atoms with Crippen LogP contribution in [0.25, 0.3) is 10.9 Å². The summed E-state index contributed by atoms with van der Waals surface area (Å²) in [6.07, 6.45) is 6.51. The molecule has 4 rings (SSSR count). The van der Waals surface area contributed by atoms with Gasteiger partial charge < -0.3 is 10.1 Å². The van der Waals surface area contributed by atoms with Gasteiger partial charge in [-0.25, -0.2) is 0 Å². The summed E-state index contributed by atoms with van der Waals surface area (Å²) >= 11 is 6.52. The van der Waals surface area contributed by atoms with E-state index < -0.39 is 5.41 Å². The van der Waals surface area contributed by atoms with E-state index >= 15 is 0 Å². The number of halogens is 1. The number of nitrogens with one attached hydrogen (secondary N) is 1. The molecule has 1 aliphatic rings. The minimum Gasteiger partial charge on any atom is -0.494 e. The maximum atomic E-state index is 13.6. The zero-order chi connectivity index (χ0) is 19.6. The maximum absolute atomic E-state index is 13.6. The zero-order valence-corrected chi connectivity index (χ0v) is 16.6. The van der Waals surface area contributed by atoms with Gasteiger partial charge in [-0.1, -0.05) is 49.1 Å². The molecule has 3 aromatic rings. The van der Waals surface area contributed by atoms with Crippen LogP contribution in [0, 0.1) is 0 Å². The highest BCUT2D eigenvalue weighted by Crippen LogP contribution is 2.43. The molecule has 144 valence electrons. The van der Waals surface area contributed by atoms with E-state index in [9.17, 15) is 4.79 Å². The number of benzene rings is 2. The third kappa shape index (κ3) is 3.22. The molecule has 1 aromatic heterocycles. The number of ether oxygens (including phenoxy) is 1. The minimum atomic E-state index is -0.606. The van der Waals surface area contributed by atoms with Crippen molar-refractivity contribution in [2.45, 2.75) is 37.5 Å². The van der Waals surface area contributed by atoms with E-state index in [0.717, 1.165) is 54.3 Å². The molecular weight excluding hydrogens is 372 g/mol. The van der Waals surface area contributed by atoms with Gasteiger partial charge in [-0.05, 0) is 48.7 Å². The Bertz CT molecular complexity index is 1010. The van der Waals surface area contributed by atoms with Gasteiger partial charge in [0.05, 0.1) is 18.2 Å². The molecule has 1 N–H and O–H groups in total. The number of fused-ring (bicyclic) bond motifs is 1. The first-order valence-corrected chi connectivity index (χ1v) is 10.0. The van der Waals surface area contributed by atoms with Crippen LogP contribution in [0.5, 0.6) is 5.75 Å². The van der Waals surface area contributed by atoms with Crippen molar-refractivity contribution in [1.29, 1.82) is 0 Å². The van der Waals surface area contributed by atoms with Crippen LogP contribution in [0.4, 0.5) is 5.69 Å². The van der Waals surface area contributed by atoms with Crippen LogP contribution in [0.2, 0.25) is 5.02 Å². The lowest BCUT2D eigenvalue weighted by Crippen LogP contribution is -2.42. The Hall–Kier alpha value is -2.59. The fourth-order valence-corrected chi connectivity index (χ4v) is 4.60. The first kappa shape index (κ1) is 18.8. The highest BCUT2D eigenvalue weighted by atomic mass is 35.5. The largest absolute Gasteiger partial charge is 0.494 e. The average Bonchev–Trinajstić information content (AvgIpc) is 2.74. The maximum Gasteiger partial charge on any atom is 0.235 e. The van der Waals surface area contributed by atoms with Crippen molar-refractivity contribution in [1.82, 2.24) is 4.98 Å². The Kier molecular flexibility index (Phi) is 5.23. The number of hydrogen-bond acceptors (Lipinski definition) is 3. The molecule has 1 heterocycles. The van der Waals surface area contributed by atoms with Gasteiger partial charge in [0, 0.05) is 16.6 Å². The second-order valence-corrected chi connectivity index (χ2v) is 7.70. The number of rotatable bonds is 4. The van der Waals surface area contributed by atoms with E-state index in [1.165, 1.54) is 0 Å². The molecule has 0 radical (unpaired) electrons. The molecule has 1 aliphatic carbocycles. The average molecular weight is 395 g/mol. The zero-order valence-electron chi connectivity index (χ0n) is 15.9. The number of anilines is 1. The summed E-state index contributed by atoms with van der Waals surface area (Å²) in [4.78, 5) is 18.0. The Morgan fingerprint density at radius 2 is 1.86 bits per heavy atom. The Morgan fingerprint density at radius 3 is 2.61 bits per heavy atom. The highest BCUT2D eigenvalue weighted by molar-refractivity contribution is 6.32. The second kappa shape index (κ2) is 7.80. The lowest BCUT2D eigenvalue weighted by molar-refractivity contribution is -0.122. The van der Waals surface area contributed by atoms with Gasteiger partial charge in [0.15, 0.2) is 0 Å². The lowest BCUT2D eigenvalue weighted by atomic mass is 9.68. The molecule has 28 heavy (non-hydrogen) atoms. The normalized spacial score (nSPS) is 15.9. The molecule has 0 saturated heterocycles. The van der Waals surface area contributed by atoms with E-state index in [-0.39, 0.29) is 5.91 Å². The summed E-state index contributed by atoms with van der Waals surface area (Å²) < 4.78 is 5.42. The van der Waals surface area contributed by atoms with Crippen molar-refractivity contribution >= 4 is 34.1 Å². The van der Waals surface area contributed by atoms with Gasteiger partial charge in [0.2, 0.25) is 5.91 Å². The van der Waals surface area contributed by atoms with Gasteiger partial charge in [-0.15, -0.1) is 0 Å². The standard InChI is InChI=1S/C23H23ClN2O2/c1-28-20-12-11-19(16-8-7-15-25-21(16)20)26-22(27)23(13-5-2-6-14-23)17-9-3-4-10-18(17)24/h3-4,7-12,15H,2,5-6,13-14H2,1H3,(H,26,27). The van der Waals surface area contributed by atoms with Crippen LogP contribution in [0.15, 0.2) is 54.7 Å². The monoisotopic (exact) mass is 394 g/mol. The predicted molar refractivity (Wildman–Crippen MR) is 113 cm³/mol. The number of amides is 1. The van der Waals surface area contributed by atoms with Gasteiger partial charge in [-0.3, -0.25) is 9.78 Å². The van der Waals surface area contributed by atoms with Gasteiger partial charge >= 0.3 is 0 Å². The first-order valence-electron chi connectivity index (χ1n) is 9.64. The minimum absolute atomic E-state index is 0.00406. The topological polar surface area (TPSA) is 51.2 Å². The summed E-state index contributed by atoms with van der Waals surface area (Å²) in [6, 6.07) is 15.2. The Balaban J connectivity index is 1.76. The quantitative estimate of drug-likeness (QED) is 0.614. The molecule has 2 aromatic carbocycles. The fourth-order valence-electron chi connectivity index (χ4n) is 4.29. The van der Waals surface area contributed by atoms with Crippen LogP contribution in [0.1, 0.15) is 37.7 Å². The molecular formula is C23H23ClN2O2. The number of hydrogen-bond donors (Lipinski definition) is 1. The van der Waals surface area contributed by atoms with Crippen LogP contribution < -0.4 is 10.1 Å². The second-order valence-electron chi connectivity index (χ2n) is 7.29. The number of nitrogens with zero attached hydrogens (tertiary/aromatic N) is 1. The number of carbonyl (C=O) groups excluding carboxylic acids is 1. The molecule has 0 bridgehead atoms.